The molecule has 0 spiro atoms. The van der Waals surface area contributed by atoms with Gasteiger partial charge in [-0.25, -0.2) is 0 Å². The molecule has 10 heteroatoms. The maximum atomic E-state index is 13.5. The van der Waals surface area contributed by atoms with Gasteiger partial charge in [0.2, 0.25) is 5.91 Å². The molecule has 0 aromatic heterocycles. The number of hydrogen-bond donors (Lipinski definition) is 1. The number of ether oxygens (including phenoxy) is 1. The van der Waals surface area contributed by atoms with Crippen molar-refractivity contribution in [3.63, 3.8) is 0 Å². The summed E-state index contributed by atoms with van der Waals surface area (Å²) in [6, 6.07) is -0.907. The Hall–Kier alpha value is -2.81. The van der Waals surface area contributed by atoms with Crippen molar-refractivity contribution in [2.24, 2.45) is 0 Å². The molecule has 9 nitrogen and oxygen atoms in total. The minimum Gasteiger partial charge on any atom is -0.756 e. The highest BCUT2D eigenvalue weighted by atomic mass is 31.2. The summed E-state index contributed by atoms with van der Waals surface area (Å²) in [4.78, 5) is 39.9. The van der Waals surface area contributed by atoms with Crippen molar-refractivity contribution in [2.75, 3.05) is 40.9 Å². The fourth-order valence-electron chi connectivity index (χ4n) is 8.48. The van der Waals surface area contributed by atoms with Gasteiger partial charge in [-0.1, -0.05) is 228 Å². The quantitative estimate of drug-likeness (QED) is 0.0212. The second-order valence-electron chi connectivity index (χ2n) is 21.8. The Morgan fingerprint density at radius 2 is 0.813 bits per heavy atom. The Morgan fingerprint density at radius 3 is 1.25 bits per heavy atom. The smallest absolute Gasteiger partial charge is 0.306 e. The average molecular weight is 1070 g/mol. The fourth-order valence-corrected chi connectivity index (χ4v) is 9.20. The number of rotatable bonds is 55. The molecule has 0 rings (SSSR count). The molecule has 0 aliphatic heterocycles. The fraction of sp³-hybridized carbons (Fsp3) is 0.754. The number of carbonyl (C=O) groups excluding carboxylic acids is 2. The number of allylic oxidation sites excluding steroid dienone is 13. The summed E-state index contributed by atoms with van der Waals surface area (Å²) in [5.41, 5.74) is 0. The Kier molecular flexibility index (Phi) is 52.5. The van der Waals surface area contributed by atoms with Crippen molar-refractivity contribution < 1.29 is 37.3 Å². The number of likely N-dealkylation sites (N-methyl/N-ethyl adjacent to an activating group) is 1. The molecule has 75 heavy (non-hydrogen) atoms. The predicted molar refractivity (Wildman–Crippen MR) is 321 cm³/mol. The number of nitrogens with zero attached hydrogens (tertiary/aromatic N) is 1. The lowest BCUT2D eigenvalue weighted by Gasteiger charge is -2.30. The standard InChI is InChI=1S/C65H117N2O7P/c1-7-10-13-16-19-22-25-27-29-31-33-35-37-39-42-45-48-51-54-57-64(68)66-62(61-73-75(70,71)72-60-59-67(4,5)6)63(56-53-50-47-44-41-24-21-18-15-12-9-3)74-65(69)58-55-52-49-46-43-40-38-36-34-32-30-28-26-23-20-17-14-11-8-2/h19-20,22-23,27-30,34,36,40,43,53,56,62-63H,7-18,21,24-26,31-33,35,37-39,41-42,44-52,54-55,57-61H2,1-6H3,(H-,66,68,70,71)/b22-19-,23-20-,29-27-,30-28-,36-34-,43-40-,56-53+. The largest absolute Gasteiger partial charge is 0.756 e. The Morgan fingerprint density at radius 1 is 0.467 bits per heavy atom. The minimum atomic E-state index is -4.71. The van der Waals surface area contributed by atoms with Crippen LogP contribution >= 0.6 is 7.82 Å². The summed E-state index contributed by atoms with van der Waals surface area (Å²) < 4.78 is 30.3. The van der Waals surface area contributed by atoms with Gasteiger partial charge in [0.1, 0.15) is 19.3 Å². The summed E-state index contributed by atoms with van der Waals surface area (Å²) in [6.07, 6.45) is 71.2. The predicted octanol–water partition coefficient (Wildman–Crippen LogP) is 18.4. The summed E-state index contributed by atoms with van der Waals surface area (Å²) in [7, 11) is 1.16. The van der Waals surface area contributed by atoms with Crippen LogP contribution in [-0.4, -0.2) is 69.4 Å². The molecule has 0 heterocycles. The molecule has 434 valence electrons. The van der Waals surface area contributed by atoms with Gasteiger partial charge >= 0.3 is 5.97 Å². The number of phosphoric ester groups is 1. The number of hydrogen-bond acceptors (Lipinski definition) is 7. The van der Waals surface area contributed by atoms with Crippen LogP contribution in [0.1, 0.15) is 265 Å². The van der Waals surface area contributed by atoms with E-state index >= 15 is 0 Å². The molecule has 0 bridgehead atoms. The highest BCUT2D eigenvalue weighted by Gasteiger charge is 2.27. The van der Waals surface area contributed by atoms with E-state index in [4.69, 9.17) is 13.8 Å². The first-order valence-electron chi connectivity index (χ1n) is 30.9. The zero-order valence-corrected chi connectivity index (χ0v) is 50.4. The SMILES string of the molecule is CCCCC/C=C\C/C=C\C/C=C\C/C=C\CCCCCC(=O)OC(/C=C/CCCCCCCCCCC)C(COP(=O)([O-])OCC[N+](C)(C)C)NC(=O)CCCCCCCCCCC/C=C\C/C=C\CCCCC. The van der Waals surface area contributed by atoms with Crippen molar-refractivity contribution in [1.82, 2.24) is 5.32 Å². The Balaban J connectivity index is 5.30. The molecule has 0 aromatic rings. The molecule has 1 N–H and O–H groups in total. The van der Waals surface area contributed by atoms with E-state index in [-0.39, 0.29) is 24.9 Å². The monoisotopic (exact) mass is 1070 g/mol. The van der Waals surface area contributed by atoms with Crippen molar-refractivity contribution in [1.29, 1.82) is 0 Å². The van der Waals surface area contributed by atoms with Gasteiger partial charge in [-0.2, -0.15) is 0 Å². The van der Waals surface area contributed by atoms with Crippen molar-refractivity contribution >= 4 is 19.7 Å². The van der Waals surface area contributed by atoms with Crippen molar-refractivity contribution in [3.05, 3.63) is 85.1 Å². The van der Waals surface area contributed by atoms with Gasteiger partial charge in [0.25, 0.3) is 7.82 Å². The first-order valence-corrected chi connectivity index (χ1v) is 32.4. The normalized spacial score (nSPS) is 14.3. The molecule has 0 saturated carbocycles. The van der Waals surface area contributed by atoms with Gasteiger partial charge in [-0.05, 0) is 109 Å². The van der Waals surface area contributed by atoms with Crippen molar-refractivity contribution in [3.8, 4) is 0 Å². The third-order valence-corrected chi connectivity index (χ3v) is 14.3. The van der Waals surface area contributed by atoms with E-state index in [0.717, 1.165) is 96.3 Å². The molecule has 0 aliphatic rings. The van der Waals surface area contributed by atoms with Crippen LogP contribution in [0.2, 0.25) is 0 Å². The lowest BCUT2D eigenvalue weighted by atomic mass is 10.0. The average Bonchev–Trinajstić information content (AvgIpc) is 3.37. The second kappa shape index (κ2) is 54.5. The molecule has 0 radical (unpaired) electrons. The van der Waals surface area contributed by atoms with Crippen LogP contribution in [0.3, 0.4) is 0 Å². The van der Waals surface area contributed by atoms with E-state index in [1.165, 1.54) is 128 Å². The van der Waals surface area contributed by atoms with E-state index in [0.29, 0.717) is 23.9 Å². The van der Waals surface area contributed by atoms with Crippen LogP contribution in [0, 0.1) is 0 Å². The number of unbranched alkanes of at least 4 members (excludes halogenated alkanes) is 27. The first kappa shape index (κ1) is 72.2. The summed E-state index contributed by atoms with van der Waals surface area (Å²) >= 11 is 0. The van der Waals surface area contributed by atoms with E-state index in [9.17, 15) is 19.0 Å². The van der Waals surface area contributed by atoms with Gasteiger partial charge in [-0.3, -0.25) is 14.2 Å². The van der Waals surface area contributed by atoms with Crippen molar-refractivity contribution in [2.45, 2.75) is 277 Å². The van der Waals surface area contributed by atoms with E-state index in [2.05, 4.69) is 99.0 Å². The maximum Gasteiger partial charge on any atom is 0.306 e. The van der Waals surface area contributed by atoms with E-state index in [1.54, 1.807) is 0 Å². The van der Waals surface area contributed by atoms with Gasteiger partial charge in [0, 0.05) is 12.8 Å². The number of amides is 1. The molecule has 3 atom stereocenters. The highest BCUT2D eigenvalue weighted by Crippen LogP contribution is 2.38. The maximum absolute atomic E-state index is 13.5. The van der Waals surface area contributed by atoms with Gasteiger partial charge in [0.15, 0.2) is 0 Å². The Bertz CT molecular complexity index is 1560. The zero-order valence-electron chi connectivity index (χ0n) is 49.5. The van der Waals surface area contributed by atoms with Crippen LogP contribution < -0.4 is 10.2 Å². The molecule has 1 amide bonds. The molecule has 0 fully saturated rings. The number of nitrogens with one attached hydrogen (secondary N) is 1. The summed E-state index contributed by atoms with van der Waals surface area (Å²) in [5.74, 6) is -0.583. The zero-order chi connectivity index (χ0) is 55.0. The summed E-state index contributed by atoms with van der Waals surface area (Å²) in [6.45, 7) is 6.76. The third kappa shape index (κ3) is 55.7. The third-order valence-electron chi connectivity index (χ3n) is 13.3. The number of phosphoric acid groups is 1. The molecular formula is C65H117N2O7P. The van der Waals surface area contributed by atoms with Crippen LogP contribution in [0.5, 0.6) is 0 Å². The lowest BCUT2D eigenvalue weighted by Crippen LogP contribution is -2.47. The molecule has 3 unspecified atom stereocenters. The topological polar surface area (TPSA) is 114 Å². The molecule has 0 aromatic carbocycles. The lowest BCUT2D eigenvalue weighted by molar-refractivity contribution is -0.870. The molecule has 0 aliphatic carbocycles. The first-order chi connectivity index (χ1) is 36.4. The Labute approximate surface area is 463 Å². The van der Waals surface area contributed by atoms with E-state index < -0.39 is 26.6 Å². The minimum absolute atomic E-state index is 0.0318. The molecule has 0 saturated heterocycles. The highest BCUT2D eigenvalue weighted by molar-refractivity contribution is 7.45. The number of esters is 1. The number of carbonyl (C=O) groups is 2. The second-order valence-corrected chi connectivity index (χ2v) is 23.3. The van der Waals surface area contributed by atoms with Crippen LogP contribution in [0.4, 0.5) is 0 Å². The van der Waals surface area contributed by atoms with Crippen LogP contribution in [0.15, 0.2) is 85.1 Å². The van der Waals surface area contributed by atoms with Crippen LogP contribution in [-0.2, 0) is 27.9 Å². The summed E-state index contributed by atoms with van der Waals surface area (Å²) in [5, 5.41) is 3.02. The van der Waals surface area contributed by atoms with Crippen LogP contribution in [0.25, 0.3) is 0 Å². The van der Waals surface area contributed by atoms with Gasteiger partial charge in [0.05, 0.1) is 33.8 Å². The van der Waals surface area contributed by atoms with Gasteiger partial charge in [-0.15, -0.1) is 0 Å². The molecular weight excluding hydrogens is 952 g/mol. The van der Waals surface area contributed by atoms with Gasteiger partial charge < -0.3 is 28.5 Å². The van der Waals surface area contributed by atoms with E-state index in [1.807, 2.05) is 33.3 Å². The number of quaternary nitrogens is 1.